The molecule has 2 aromatic carbocycles. The van der Waals surface area contributed by atoms with Gasteiger partial charge < -0.3 is 24.0 Å². The average molecular weight is 461 g/mol. The molecule has 33 heavy (non-hydrogen) atoms. The van der Waals surface area contributed by atoms with Gasteiger partial charge in [0.1, 0.15) is 22.9 Å². The third kappa shape index (κ3) is 8.29. The molecule has 2 aromatic rings. The Morgan fingerprint density at radius 3 is 2.24 bits per heavy atom. The summed E-state index contributed by atoms with van der Waals surface area (Å²) in [7, 11) is 3.20. The highest BCUT2D eigenvalue weighted by Crippen LogP contribution is 2.29. The lowest BCUT2D eigenvalue weighted by molar-refractivity contribution is 0.0149. The van der Waals surface area contributed by atoms with Crippen molar-refractivity contribution in [1.29, 1.82) is 0 Å². The first-order valence-electron chi connectivity index (χ1n) is 10.9. The Balaban J connectivity index is 2.27. The number of amides is 2. The molecule has 0 aromatic heterocycles. The number of hydrogen-bond acceptors (Lipinski definition) is 5. The van der Waals surface area contributed by atoms with Crippen molar-refractivity contribution in [3.63, 3.8) is 0 Å². The van der Waals surface area contributed by atoms with E-state index in [-0.39, 0.29) is 12.4 Å². The Morgan fingerprint density at radius 1 is 1.00 bits per heavy atom. The van der Waals surface area contributed by atoms with Crippen LogP contribution in [-0.4, -0.2) is 54.8 Å². The second-order valence-corrected chi connectivity index (χ2v) is 8.71. The van der Waals surface area contributed by atoms with Gasteiger partial charge in [-0.15, -0.1) is 0 Å². The van der Waals surface area contributed by atoms with Gasteiger partial charge in [-0.3, -0.25) is 0 Å². The summed E-state index contributed by atoms with van der Waals surface area (Å²) in [6.07, 6.45) is -0.509. The lowest BCUT2D eigenvalue weighted by Gasteiger charge is -2.33. The van der Waals surface area contributed by atoms with Gasteiger partial charge in [-0.25, -0.2) is 14.0 Å². The first kappa shape index (κ1) is 26.0. The Morgan fingerprint density at radius 2 is 1.67 bits per heavy atom. The number of benzene rings is 2. The number of rotatable bonds is 8. The second kappa shape index (κ2) is 11.5. The molecule has 0 aliphatic carbocycles. The van der Waals surface area contributed by atoms with Gasteiger partial charge in [0, 0.05) is 27.1 Å². The number of halogens is 1. The average Bonchev–Trinajstić information content (AvgIpc) is 2.73. The summed E-state index contributed by atoms with van der Waals surface area (Å²) in [4.78, 5) is 27.9. The fourth-order valence-electron chi connectivity index (χ4n) is 3.10. The molecular formula is C25H33FN2O5. The van der Waals surface area contributed by atoms with E-state index in [1.807, 2.05) is 33.8 Å². The van der Waals surface area contributed by atoms with E-state index in [0.29, 0.717) is 24.5 Å². The molecule has 1 atom stereocenters. The maximum atomic E-state index is 13.2. The van der Waals surface area contributed by atoms with Crippen molar-refractivity contribution in [2.24, 2.45) is 0 Å². The predicted molar refractivity (Wildman–Crippen MR) is 124 cm³/mol. The molecule has 0 bridgehead atoms. The van der Waals surface area contributed by atoms with Gasteiger partial charge in [-0.05, 0) is 69.7 Å². The normalized spacial score (nSPS) is 12.0. The predicted octanol–water partition coefficient (Wildman–Crippen LogP) is 5.65. The van der Waals surface area contributed by atoms with Crippen molar-refractivity contribution in [3.8, 4) is 11.5 Å². The smallest absolute Gasteiger partial charge is 0.414 e. The highest BCUT2D eigenvalue weighted by Gasteiger charge is 2.29. The highest BCUT2D eigenvalue weighted by molar-refractivity contribution is 5.70. The van der Waals surface area contributed by atoms with Crippen molar-refractivity contribution in [1.82, 2.24) is 9.80 Å². The van der Waals surface area contributed by atoms with Crippen LogP contribution in [0.15, 0.2) is 48.5 Å². The minimum absolute atomic E-state index is 0.275. The van der Waals surface area contributed by atoms with Crippen LogP contribution >= 0.6 is 0 Å². The number of carbonyl (C=O) groups excluding carboxylic acids is 2. The van der Waals surface area contributed by atoms with Crippen LogP contribution in [0.3, 0.4) is 0 Å². The summed E-state index contributed by atoms with van der Waals surface area (Å²) < 4.78 is 29.9. The molecule has 1 unspecified atom stereocenters. The summed E-state index contributed by atoms with van der Waals surface area (Å²) in [5.41, 5.74) is 0.123. The van der Waals surface area contributed by atoms with Crippen molar-refractivity contribution < 1.29 is 28.2 Å². The third-order valence-corrected chi connectivity index (χ3v) is 4.63. The van der Waals surface area contributed by atoms with Gasteiger partial charge in [0.05, 0.1) is 12.6 Å². The summed E-state index contributed by atoms with van der Waals surface area (Å²) >= 11 is 0. The van der Waals surface area contributed by atoms with Crippen molar-refractivity contribution in [2.75, 3.05) is 27.2 Å². The van der Waals surface area contributed by atoms with E-state index in [2.05, 4.69) is 0 Å². The van der Waals surface area contributed by atoms with Crippen LogP contribution in [0.4, 0.5) is 14.0 Å². The van der Waals surface area contributed by atoms with Crippen LogP contribution in [0.2, 0.25) is 0 Å². The molecule has 2 rings (SSSR count). The van der Waals surface area contributed by atoms with Gasteiger partial charge >= 0.3 is 12.2 Å². The standard InChI is InChI=1S/C25H33FN2O5/c1-7-28(24(30)33-25(2,3)4)22(15-16-31-20-13-11-19(26)12-14-20)18-9-8-10-21(17-18)32-23(29)27(5)6/h8-14,17,22H,7,15-16H2,1-6H3. The van der Waals surface area contributed by atoms with E-state index < -0.39 is 23.8 Å². The van der Waals surface area contributed by atoms with Gasteiger partial charge in [0.25, 0.3) is 0 Å². The number of ether oxygens (including phenoxy) is 3. The van der Waals surface area contributed by atoms with Crippen LogP contribution < -0.4 is 9.47 Å². The molecule has 0 heterocycles. The van der Waals surface area contributed by atoms with Crippen LogP contribution in [0.5, 0.6) is 11.5 Å². The zero-order valence-corrected chi connectivity index (χ0v) is 20.1. The van der Waals surface area contributed by atoms with E-state index >= 15 is 0 Å². The van der Waals surface area contributed by atoms with E-state index in [1.165, 1.54) is 17.0 Å². The molecule has 2 amide bonds. The summed E-state index contributed by atoms with van der Waals surface area (Å²) in [5, 5.41) is 0. The van der Waals surface area contributed by atoms with Crippen LogP contribution in [0.1, 0.15) is 45.7 Å². The molecule has 0 N–H and O–H groups in total. The van der Waals surface area contributed by atoms with Gasteiger partial charge in [0.2, 0.25) is 0 Å². The SMILES string of the molecule is CCN(C(=O)OC(C)(C)C)C(CCOc1ccc(F)cc1)c1cccc(OC(=O)N(C)C)c1. The second-order valence-electron chi connectivity index (χ2n) is 8.71. The largest absolute Gasteiger partial charge is 0.494 e. The molecule has 0 aliphatic heterocycles. The van der Waals surface area contributed by atoms with Crippen LogP contribution in [0, 0.1) is 5.82 Å². The van der Waals surface area contributed by atoms with E-state index in [0.717, 1.165) is 5.56 Å². The fraction of sp³-hybridized carbons (Fsp3) is 0.440. The first-order valence-corrected chi connectivity index (χ1v) is 10.9. The number of hydrogen-bond donors (Lipinski definition) is 0. The maximum absolute atomic E-state index is 13.2. The molecule has 8 heteroatoms. The minimum atomic E-state index is -0.650. The number of carbonyl (C=O) groups is 2. The first-order chi connectivity index (χ1) is 15.5. The lowest BCUT2D eigenvalue weighted by atomic mass is 10.0. The lowest BCUT2D eigenvalue weighted by Crippen LogP contribution is -2.39. The third-order valence-electron chi connectivity index (χ3n) is 4.63. The summed E-state index contributed by atoms with van der Waals surface area (Å²) in [5.74, 6) is 0.562. The van der Waals surface area contributed by atoms with Gasteiger partial charge in [-0.2, -0.15) is 0 Å². The maximum Gasteiger partial charge on any atom is 0.414 e. The zero-order valence-electron chi connectivity index (χ0n) is 20.1. The zero-order chi connectivity index (χ0) is 24.6. The van der Waals surface area contributed by atoms with Crippen molar-refractivity contribution in [2.45, 2.75) is 45.8 Å². The molecule has 7 nitrogen and oxygen atoms in total. The molecule has 0 spiro atoms. The Labute approximate surface area is 195 Å². The molecule has 0 aliphatic rings. The van der Waals surface area contributed by atoms with Gasteiger partial charge in [0.15, 0.2) is 0 Å². The van der Waals surface area contributed by atoms with E-state index in [1.54, 1.807) is 49.3 Å². The fourth-order valence-corrected chi connectivity index (χ4v) is 3.10. The Bertz CT molecular complexity index is 925. The molecule has 180 valence electrons. The molecule has 0 radical (unpaired) electrons. The minimum Gasteiger partial charge on any atom is -0.494 e. The van der Waals surface area contributed by atoms with Crippen molar-refractivity contribution >= 4 is 12.2 Å². The molecular weight excluding hydrogens is 427 g/mol. The Kier molecular flexibility index (Phi) is 9.08. The molecule has 0 saturated heterocycles. The Hall–Kier alpha value is -3.29. The summed E-state index contributed by atoms with van der Waals surface area (Å²) in [6.45, 7) is 7.98. The van der Waals surface area contributed by atoms with E-state index in [4.69, 9.17) is 14.2 Å². The molecule has 0 saturated carbocycles. The highest BCUT2D eigenvalue weighted by atomic mass is 19.1. The summed E-state index contributed by atoms with van der Waals surface area (Å²) in [6, 6.07) is 12.4. The number of nitrogens with zero attached hydrogens (tertiary/aromatic N) is 2. The van der Waals surface area contributed by atoms with Crippen LogP contribution in [-0.2, 0) is 4.74 Å². The van der Waals surface area contributed by atoms with Crippen molar-refractivity contribution in [3.05, 3.63) is 59.9 Å². The topological polar surface area (TPSA) is 68.3 Å². The van der Waals surface area contributed by atoms with Crippen LogP contribution in [0.25, 0.3) is 0 Å². The quantitative estimate of drug-likeness (QED) is 0.509. The molecule has 0 fully saturated rings. The van der Waals surface area contributed by atoms with E-state index in [9.17, 15) is 14.0 Å². The monoisotopic (exact) mass is 460 g/mol. The van der Waals surface area contributed by atoms with Gasteiger partial charge in [-0.1, -0.05) is 12.1 Å².